The molecule has 16 heavy (non-hydrogen) atoms. The van der Waals surface area contributed by atoms with Crippen LogP contribution in [0.4, 0.5) is 0 Å². The third-order valence-electron chi connectivity index (χ3n) is 1.51. The van der Waals surface area contributed by atoms with Crippen LogP contribution in [-0.2, 0) is 42.2 Å². The first-order valence-corrected chi connectivity index (χ1v) is 5.23. The zero-order valence-electron chi connectivity index (χ0n) is 8.37. The molecule has 0 fully saturated rings. The molecule has 0 aliphatic carbocycles. The Kier molecular flexibility index (Phi) is 7.23. The number of nitrogens with one attached hydrogen (secondary N) is 1. The smallest absolute Gasteiger partial charge is 0.359 e. The van der Waals surface area contributed by atoms with Crippen LogP contribution >= 0.6 is 22.9 Å². The zero-order chi connectivity index (χ0) is 11.4. The summed E-state index contributed by atoms with van der Waals surface area (Å²) in [6, 6.07) is 1.35. The van der Waals surface area contributed by atoms with Gasteiger partial charge in [0.1, 0.15) is 0 Å². The average Bonchev–Trinajstić information content (AvgIpc) is 2.62. The summed E-state index contributed by atoms with van der Waals surface area (Å²) in [4.78, 5) is 22.6. The van der Waals surface area contributed by atoms with Gasteiger partial charge in [-0.05, 0) is 6.92 Å². The second-order valence-corrected chi connectivity index (χ2v) is 3.93. The van der Waals surface area contributed by atoms with E-state index in [9.17, 15) is 9.59 Å². The van der Waals surface area contributed by atoms with Gasteiger partial charge in [-0.25, -0.2) is 4.79 Å². The first kappa shape index (κ1) is 15.9. The fraction of sp³-hybridized carbons (Fsp3) is 0.222. The molecule has 0 spiro atoms. The molecule has 0 atom stereocenters. The van der Waals surface area contributed by atoms with Crippen LogP contribution in [0.15, 0.2) is 6.07 Å². The maximum absolute atomic E-state index is 11.5. The quantitative estimate of drug-likeness (QED) is 0.301. The molecule has 4 nitrogen and oxygen atoms in total. The van der Waals surface area contributed by atoms with Crippen molar-refractivity contribution in [1.29, 1.82) is 5.41 Å². The van der Waals surface area contributed by atoms with Gasteiger partial charge in [-0.15, -0.1) is 10.9 Å². The van der Waals surface area contributed by atoms with Gasteiger partial charge in [-0.2, -0.15) is 17.7 Å². The fourth-order valence-corrected chi connectivity index (χ4v) is 1.65. The molecule has 0 bridgehead atoms. The van der Waals surface area contributed by atoms with Crippen molar-refractivity contribution in [3.63, 3.8) is 0 Å². The summed E-state index contributed by atoms with van der Waals surface area (Å²) in [5, 5.41) is 9.93. The Hall–Kier alpha value is -0.0961. The van der Waals surface area contributed by atoms with Crippen LogP contribution in [0.1, 0.15) is 17.3 Å². The Bertz CT molecular complexity index is 419. The molecule has 7 heteroatoms. The van der Waals surface area contributed by atoms with Gasteiger partial charge in [0.15, 0.2) is 11.5 Å². The van der Waals surface area contributed by atoms with Crippen molar-refractivity contribution < 1.29 is 47.0 Å². The Balaban J connectivity index is 0.00000225. The molecule has 0 aliphatic heterocycles. The van der Waals surface area contributed by atoms with Crippen molar-refractivity contribution in [2.75, 3.05) is 6.61 Å². The van der Waals surface area contributed by atoms with Crippen LogP contribution in [0.5, 0.6) is 0 Å². The summed E-state index contributed by atoms with van der Waals surface area (Å²) in [5.74, 6) is -1.68. The molecule has 0 saturated heterocycles. The molecular formula is C9H7ClNO3SY-. The van der Waals surface area contributed by atoms with Crippen LogP contribution in [-0.4, -0.2) is 24.1 Å². The monoisotopic (exact) mass is 333 g/mol. The van der Waals surface area contributed by atoms with Crippen LogP contribution in [0.3, 0.4) is 0 Å². The number of ketones is 1. The topological polar surface area (TPSA) is 67.2 Å². The number of carbonyl (C=O) groups is 2. The van der Waals surface area contributed by atoms with E-state index >= 15 is 0 Å². The van der Waals surface area contributed by atoms with Gasteiger partial charge in [-0.3, -0.25) is 16.7 Å². The molecule has 0 unspecified atom stereocenters. The van der Waals surface area contributed by atoms with Gasteiger partial charge in [-0.1, -0.05) is 4.34 Å². The number of esters is 1. The van der Waals surface area contributed by atoms with Gasteiger partial charge in [0.05, 0.1) is 6.61 Å². The summed E-state index contributed by atoms with van der Waals surface area (Å²) in [5.41, 5.74) is -0.606. The van der Waals surface area contributed by atoms with Crippen LogP contribution in [0.25, 0.3) is 0 Å². The maximum atomic E-state index is 11.5. The molecule has 0 saturated carbocycles. The van der Waals surface area contributed by atoms with E-state index in [1.54, 1.807) is 6.92 Å². The van der Waals surface area contributed by atoms with Gasteiger partial charge in [0.25, 0.3) is 0 Å². The standard InChI is InChI=1S/C9H7ClNO3S.Y/c1-2-14-9(13)6(11)7(12)5-3-4-15-8(5)10;/h3,11H,2H2,1H3;/q-1;. The number of carbonyl (C=O) groups excluding carboxylic acids is 2. The predicted molar refractivity (Wildman–Crippen MR) is 56.9 cm³/mol. The molecule has 1 rings (SSSR count). The third-order valence-corrected chi connectivity index (χ3v) is 2.58. The van der Waals surface area contributed by atoms with E-state index in [-0.39, 0.29) is 49.2 Å². The van der Waals surface area contributed by atoms with Gasteiger partial charge in [0.2, 0.25) is 0 Å². The van der Waals surface area contributed by atoms with E-state index in [0.29, 0.717) is 0 Å². The predicted octanol–water partition coefficient (Wildman–Crippen LogP) is 1.96. The molecule has 1 N–H and O–H groups in total. The summed E-state index contributed by atoms with van der Waals surface area (Å²) >= 11 is 6.72. The number of Topliss-reactive ketones (excluding diaryl/α,β-unsaturated/α-hetero) is 1. The Labute approximate surface area is 127 Å². The molecule has 1 aromatic rings. The van der Waals surface area contributed by atoms with Gasteiger partial charge in [0, 0.05) is 32.7 Å². The van der Waals surface area contributed by atoms with Crippen molar-refractivity contribution in [3.8, 4) is 0 Å². The molecule has 0 amide bonds. The SMILES string of the molecule is CCOC(=O)C(=N)C(=O)c1c[c-]sc1Cl.[Y]. The fourth-order valence-electron chi connectivity index (χ4n) is 0.837. The van der Waals surface area contributed by atoms with Crippen LogP contribution in [0.2, 0.25) is 4.34 Å². The zero-order valence-corrected chi connectivity index (χ0v) is 12.8. The summed E-state index contributed by atoms with van der Waals surface area (Å²) in [6.07, 6.45) is 0. The van der Waals surface area contributed by atoms with E-state index in [4.69, 9.17) is 17.0 Å². The maximum Gasteiger partial charge on any atom is 0.359 e. The van der Waals surface area contributed by atoms with E-state index in [2.05, 4.69) is 10.1 Å². The first-order chi connectivity index (χ1) is 7.07. The summed E-state index contributed by atoms with van der Waals surface area (Å²) < 4.78 is 4.75. The molecule has 1 aromatic heterocycles. The normalized spacial score (nSPS) is 9.12. The summed E-state index contributed by atoms with van der Waals surface area (Å²) in [6.45, 7) is 1.72. The van der Waals surface area contributed by atoms with Crippen molar-refractivity contribution in [2.24, 2.45) is 0 Å². The third kappa shape index (κ3) is 3.73. The minimum Gasteiger partial charge on any atom is -0.461 e. The molecule has 83 valence electrons. The minimum absolute atomic E-state index is 0. The molecular weight excluding hydrogens is 327 g/mol. The van der Waals surface area contributed by atoms with Gasteiger partial charge < -0.3 is 9.53 Å². The second-order valence-electron chi connectivity index (χ2n) is 2.48. The first-order valence-electron chi connectivity index (χ1n) is 4.03. The number of hydrogen-bond acceptors (Lipinski definition) is 5. The van der Waals surface area contributed by atoms with Gasteiger partial charge >= 0.3 is 5.97 Å². The minimum atomic E-state index is -0.940. The van der Waals surface area contributed by atoms with Crippen LogP contribution in [0, 0.1) is 10.8 Å². The molecule has 0 aliphatic rings. The number of rotatable bonds is 4. The average molecular weight is 334 g/mol. The van der Waals surface area contributed by atoms with E-state index < -0.39 is 17.5 Å². The Morgan fingerprint density at radius 2 is 2.25 bits per heavy atom. The number of hydrogen-bond donors (Lipinski definition) is 1. The van der Waals surface area contributed by atoms with Crippen molar-refractivity contribution in [3.05, 3.63) is 21.3 Å². The van der Waals surface area contributed by atoms with Crippen LogP contribution < -0.4 is 0 Å². The summed E-state index contributed by atoms with van der Waals surface area (Å²) in [7, 11) is 0. The molecule has 0 aromatic carbocycles. The Morgan fingerprint density at radius 3 is 2.69 bits per heavy atom. The van der Waals surface area contributed by atoms with E-state index in [1.807, 2.05) is 0 Å². The van der Waals surface area contributed by atoms with E-state index in [1.165, 1.54) is 6.07 Å². The van der Waals surface area contributed by atoms with Crippen molar-refractivity contribution >= 4 is 40.4 Å². The molecule has 1 heterocycles. The van der Waals surface area contributed by atoms with Crippen molar-refractivity contribution in [2.45, 2.75) is 6.92 Å². The number of halogens is 1. The van der Waals surface area contributed by atoms with Crippen molar-refractivity contribution in [1.82, 2.24) is 0 Å². The molecule has 1 radical (unpaired) electrons. The Morgan fingerprint density at radius 1 is 1.62 bits per heavy atom. The van der Waals surface area contributed by atoms with E-state index in [0.717, 1.165) is 11.3 Å². The second kappa shape index (κ2) is 7.27. The number of ether oxygens (including phenoxy) is 1. The number of thiophene rings is 1. The largest absolute Gasteiger partial charge is 0.461 e.